The Hall–Kier alpha value is -0.650. The minimum Gasteiger partial charge on any atom is -0.481 e. The van der Waals surface area contributed by atoms with Gasteiger partial charge in [0.05, 0.1) is 0 Å². The van der Waals surface area contributed by atoms with Crippen molar-refractivity contribution in [2.24, 2.45) is 0 Å². The van der Waals surface area contributed by atoms with Gasteiger partial charge >= 0.3 is 5.97 Å². The Morgan fingerprint density at radius 1 is 0.733 bits per heavy atom. The molecule has 0 saturated carbocycles. The zero-order valence-electron chi connectivity index (χ0n) is 9.06. The number of carboxylic acids is 1. The van der Waals surface area contributed by atoms with Gasteiger partial charge in [0.15, 0.2) is 0 Å². The highest BCUT2D eigenvalue weighted by Crippen LogP contribution is 1.92. The minimum atomic E-state index is -0.793. The van der Waals surface area contributed by atoms with Crippen LogP contribution >= 0.6 is 0 Å². The lowest BCUT2D eigenvalue weighted by Gasteiger charge is -1.90. The second kappa shape index (κ2) is 15.8. The molecule has 0 aliphatic heterocycles. The third-order valence-corrected chi connectivity index (χ3v) is 1.61. The Morgan fingerprint density at radius 3 is 1.47 bits per heavy atom. The highest BCUT2D eigenvalue weighted by atomic mass is 16.4. The Bertz CT molecular complexity index is 123. The highest BCUT2D eigenvalue weighted by molar-refractivity contribution is 5.66. The predicted octanol–water partition coefficient (Wildman–Crippen LogP) is 0.375. The van der Waals surface area contributed by atoms with Crippen LogP contribution in [0.1, 0.15) is 38.5 Å². The number of rotatable bonds is 8. The number of aliphatic carboxylic acids is 1. The molecule has 0 aromatic carbocycles. The number of hydrogen-bond acceptors (Lipinski definition) is 4. The summed E-state index contributed by atoms with van der Waals surface area (Å²) >= 11 is 0. The number of carbonyl (C=O) groups is 1. The largest absolute Gasteiger partial charge is 0.481 e. The number of hydrogen-bond donors (Lipinski definition) is 4. The maximum absolute atomic E-state index is 9.79. The summed E-state index contributed by atoms with van der Waals surface area (Å²) in [7, 11) is 0. The van der Waals surface area contributed by atoms with Gasteiger partial charge in [-0.3, -0.25) is 4.79 Å². The third kappa shape index (κ3) is 24.7. The topological polar surface area (TPSA) is 98.0 Å². The molecule has 0 saturated heterocycles. The van der Waals surface area contributed by atoms with Crippen molar-refractivity contribution in [1.29, 1.82) is 0 Å². The Labute approximate surface area is 90.4 Å². The SMILES string of the molecule is O=C(O)CCCCO.OCCCCCO. The molecule has 5 nitrogen and oxygen atoms in total. The van der Waals surface area contributed by atoms with E-state index in [4.69, 9.17) is 20.4 Å². The summed E-state index contributed by atoms with van der Waals surface area (Å²) < 4.78 is 0. The summed E-state index contributed by atoms with van der Waals surface area (Å²) in [6.07, 6.45) is 3.91. The van der Waals surface area contributed by atoms with E-state index in [1.807, 2.05) is 0 Å². The van der Waals surface area contributed by atoms with Crippen molar-refractivity contribution < 1.29 is 25.2 Å². The molecular formula is C10H22O5. The van der Waals surface area contributed by atoms with Crippen molar-refractivity contribution in [3.8, 4) is 0 Å². The summed E-state index contributed by atoms with van der Waals surface area (Å²) in [5.74, 6) is -0.793. The number of unbranched alkanes of at least 4 members (excludes halogenated alkanes) is 3. The lowest BCUT2D eigenvalue weighted by molar-refractivity contribution is -0.137. The fourth-order valence-corrected chi connectivity index (χ4v) is 0.788. The molecule has 0 atom stereocenters. The zero-order chi connectivity index (χ0) is 11.9. The van der Waals surface area contributed by atoms with Crippen LogP contribution < -0.4 is 0 Å². The lowest BCUT2D eigenvalue weighted by Crippen LogP contribution is -1.94. The summed E-state index contributed by atoms with van der Waals surface area (Å²) in [5.41, 5.74) is 0. The molecule has 0 aromatic rings. The van der Waals surface area contributed by atoms with E-state index in [2.05, 4.69) is 0 Å². The van der Waals surface area contributed by atoms with E-state index in [0.717, 1.165) is 19.3 Å². The second-order valence-corrected chi connectivity index (χ2v) is 3.08. The van der Waals surface area contributed by atoms with E-state index in [1.54, 1.807) is 0 Å². The average molecular weight is 222 g/mol. The van der Waals surface area contributed by atoms with Crippen LogP contribution in [0.15, 0.2) is 0 Å². The lowest BCUT2D eigenvalue weighted by atomic mass is 10.2. The maximum atomic E-state index is 9.79. The van der Waals surface area contributed by atoms with Gasteiger partial charge in [0.2, 0.25) is 0 Å². The van der Waals surface area contributed by atoms with Crippen LogP contribution in [0.4, 0.5) is 0 Å². The van der Waals surface area contributed by atoms with Gasteiger partial charge in [-0.2, -0.15) is 0 Å². The summed E-state index contributed by atoms with van der Waals surface area (Å²) in [5, 5.41) is 32.7. The van der Waals surface area contributed by atoms with Gasteiger partial charge in [-0.15, -0.1) is 0 Å². The molecule has 4 N–H and O–H groups in total. The molecule has 15 heavy (non-hydrogen) atoms. The van der Waals surface area contributed by atoms with Crippen molar-refractivity contribution in [3.05, 3.63) is 0 Å². The Balaban J connectivity index is 0. The van der Waals surface area contributed by atoms with E-state index in [-0.39, 0.29) is 26.2 Å². The Morgan fingerprint density at radius 2 is 1.13 bits per heavy atom. The van der Waals surface area contributed by atoms with Crippen molar-refractivity contribution >= 4 is 5.97 Å². The number of aliphatic hydroxyl groups is 3. The molecule has 0 aliphatic rings. The van der Waals surface area contributed by atoms with Gasteiger partial charge in [-0.1, -0.05) is 0 Å². The van der Waals surface area contributed by atoms with Crippen molar-refractivity contribution in [2.75, 3.05) is 19.8 Å². The van der Waals surface area contributed by atoms with Gasteiger partial charge < -0.3 is 20.4 Å². The minimum absolute atomic E-state index is 0.0906. The van der Waals surface area contributed by atoms with E-state index in [0.29, 0.717) is 12.8 Å². The molecule has 0 aromatic heterocycles. The van der Waals surface area contributed by atoms with Crippen LogP contribution in [0.3, 0.4) is 0 Å². The first kappa shape index (κ1) is 16.8. The standard InChI is InChI=1S/C5H10O3.C5H12O2/c6-4-2-1-3-5(7)8;6-4-2-1-3-5-7/h6H,1-4H2,(H,7,8);6-7H,1-5H2. The molecule has 0 bridgehead atoms. The van der Waals surface area contributed by atoms with Crippen LogP contribution in [0.25, 0.3) is 0 Å². The van der Waals surface area contributed by atoms with Gasteiger partial charge in [0, 0.05) is 26.2 Å². The van der Waals surface area contributed by atoms with Crippen LogP contribution in [0.5, 0.6) is 0 Å². The monoisotopic (exact) mass is 222 g/mol. The van der Waals surface area contributed by atoms with Gasteiger partial charge in [0.1, 0.15) is 0 Å². The first-order chi connectivity index (χ1) is 7.18. The fraction of sp³-hybridized carbons (Fsp3) is 0.900. The molecule has 0 rings (SSSR count). The van der Waals surface area contributed by atoms with Crippen LogP contribution in [0.2, 0.25) is 0 Å². The van der Waals surface area contributed by atoms with Crippen molar-refractivity contribution in [2.45, 2.75) is 38.5 Å². The normalized spacial score (nSPS) is 9.27. The molecule has 0 spiro atoms. The van der Waals surface area contributed by atoms with Crippen LogP contribution in [0, 0.1) is 0 Å². The van der Waals surface area contributed by atoms with Crippen LogP contribution in [-0.4, -0.2) is 46.2 Å². The third-order valence-electron chi connectivity index (χ3n) is 1.61. The molecule has 0 heterocycles. The fourth-order valence-electron chi connectivity index (χ4n) is 0.788. The van der Waals surface area contributed by atoms with Gasteiger partial charge in [-0.25, -0.2) is 0 Å². The number of carboxylic acid groups (broad SMARTS) is 1. The van der Waals surface area contributed by atoms with Gasteiger partial charge in [0.25, 0.3) is 0 Å². The molecule has 0 aliphatic carbocycles. The molecule has 5 heteroatoms. The first-order valence-electron chi connectivity index (χ1n) is 5.23. The second-order valence-electron chi connectivity index (χ2n) is 3.08. The van der Waals surface area contributed by atoms with Crippen molar-refractivity contribution in [1.82, 2.24) is 0 Å². The van der Waals surface area contributed by atoms with Gasteiger partial charge in [-0.05, 0) is 32.1 Å². The van der Waals surface area contributed by atoms with Crippen LogP contribution in [-0.2, 0) is 4.79 Å². The summed E-state index contributed by atoms with van der Waals surface area (Å²) in [6.45, 7) is 0.591. The molecular weight excluding hydrogens is 200 g/mol. The summed E-state index contributed by atoms with van der Waals surface area (Å²) in [4.78, 5) is 9.79. The maximum Gasteiger partial charge on any atom is 0.303 e. The van der Waals surface area contributed by atoms with E-state index in [1.165, 1.54) is 0 Å². The molecule has 92 valence electrons. The van der Waals surface area contributed by atoms with E-state index >= 15 is 0 Å². The summed E-state index contributed by atoms with van der Waals surface area (Å²) in [6, 6.07) is 0. The van der Waals surface area contributed by atoms with Crippen molar-refractivity contribution in [3.63, 3.8) is 0 Å². The molecule has 0 unspecified atom stereocenters. The Kier molecular flexibility index (Phi) is 17.7. The van der Waals surface area contributed by atoms with E-state index < -0.39 is 5.97 Å². The van der Waals surface area contributed by atoms with E-state index in [9.17, 15) is 4.79 Å². The molecule has 0 amide bonds. The molecule has 0 fully saturated rings. The zero-order valence-corrected chi connectivity index (χ0v) is 9.06. The quantitative estimate of drug-likeness (QED) is 0.445. The smallest absolute Gasteiger partial charge is 0.303 e. The average Bonchev–Trinajstić information content (AvgIpc) is 2.20. The predicted molar refractivity (Wildman–Crippen MR) is 56.6 cm³/mol. The molecule has 0 radical (unpaired) electrons. The number of aliphatic hydroxyl groups excluding tert-OH is 3. The first-order valence-corrected chi connectivity index (χ1v) is 5.23. The highest BCUT2D eigenvalue weighted by Gasteiger charge is 1.93.